The predicted octanol–water partition coefficient (Wildman–Crippen LogP) is 3.75. The van der Waals surface area contributed by atoms with Crippen LogP contribution in [-0.4, -0.2) is 33.6 Å². The maximum atomic E-state index is 10.7. The standard InChI is InChI=1S/C21H38O3/c1-13-11-15(7-9-18(13)22)21(17-5-3-4-6-20(17)24)16-8-10-19(23)14(2)12-16/h13-24H,3-12H2,1-2H3. The molecule has 0 amide bonds. The van der Waals surface area contributed by atoms with Gasteiger partial charge in [0.2, 0.25) is 0 Å². The van der Waals surface area contributed by atoms with Crippen LogP contribution in [0.4, 0.5) is 0 Å². The SMILES string of the molecule is CC1CC(C(C2CCC(O)C(C)C2)C2CCCCC2O)CCC1O. The molecular formula is C21H38O3. The summed E-state index contributed by atoms with van der Waals surface area (Å²) >= 11 is 0. The minimum absolute atomic E-state index is 0.131. The Morgan fingerprint density at radius 1 is 0.625 bits per heavy atom. The van der Waals surface area contributed by atoms with Crippen LogP contribution in [0.2, 0.25) is 0 Å². The van der Waals surface area contributed by atoms with Crippen molar-refractivity contribution in [2.45, 2.75) is 96.4 Å². The highest BCUT2D eigenvalue weighted by atomic mass is 16.3. The topological polar surface area (TPSA) is 60.7 Å². The molecule has 140 valence electrons. The summed E-state index contributed by atoms with van der Waals surface area (Å²) in [6, 6.07) is 0. The highest BCUT2D eigenvalue weighted by molar-refractivity contribution is 4.94. The first kappa shape index (κ1) is 18.7. The number of aliphatic hydroxyl groups is 3. The van der Waals surface area contributed by atoms with Crippen molar-refractivity contribution in [1.29, 1.82) is 0 Å². The van der Waals surface area contributed by atoms with Crippen LogP contribution in [0.15, 0.2) is 0 Å². The fraction of sp³-hybridized carbons (Fsp3) is 1.00. The molecule has 3 heteroatoms. The van der Waals surface area contributed by atoms with Crippen molar-refractivity contribution in [2.24, 2.45) is 35.5 Å². The predicted molar refractivity (Wildman–Crippen MR) is 96.5 cm³/mol. The molecule has 0 saturated heterocycles. The zero-order valence-electron chi connectivity index (χ0n) is 15.6. The van der Waals surface area contributed by atoms with Crippen LogP contribution in [0.5, 0.6) is 0 Å². The minimum Gasteiger partial charge on any atom is -0.393 e. The van der Waals surface area contributed by atoms with Gasteiger partial charge in [-0.25, -0.2) is 0 Å². The molecule has 0 bridgehead atoms. The first-order valence-corrected chi connectivity index (χ1v) is 10.5. The summed E-state index contributed by atoms with van der Waals surface area (Å²) in [4.78, 5) is 0. The van der Waals surface area contributed by atoms with E-state index < -0.39 is 0 Å². The van der Waals surface area contributed by atoms with E-state index in [-0.39, 0.29) is 18.3 Å². The van der Waals surface area contributed by atoms with Crippen molar-refractivity contribution in [2.75, 3.05) is 0 Å². The number of hydrogen-bond donors (Lipinski definition) is 3. The van der Waals surface area contributed by atoms with Gasteiger partial charge in [0.1, 0.15) is 0 Å². The lowest BCUT2D eigenvalue weighted by molar-refractivity contribution is -0.0557. The van der Waals surface area contributed by atoms with E-state index in [2.05, 4.69) is 13.8 Å². The highest BCUT2D eigenvalue weighted by Crippen LogP contribution is 2.49. The molecule has 0 heterocycles. The van der Waals surface area contributed by atoms with Crippen molar-refractivity contribution in [3.63, 3.8) is 0 Å². The van der Waals surface area contributed by atoms with Gasteiger partial charge in [0.05, 0.1) is 18.3 Å². The molecule has 3 aliphatic rings. The third-order valence-corrected chi connectivity index (χ3v) is 7.69. The number of hydrogen-bond acceptors (Lipinski definition) is 3. The van der Waals surface area contributed by atoms with Gasteiger partial charge in [-0.05, 0) is 86.9 Å². The van der Waals surface area contributed by atoms with E-state index in [1.165, 1.54) is 19.3 Å². The normalized spacial score (nSPS) is 48.9. The average Bonchev–Trinajstić information content (AvgIpc) is 2.56. The quantitative estimate of drug-likeness (QED) is 0.734. The molecule has 3 aliphatic carbocycles. The second kappa shape index (κ2) is 8.05. The van der Waals surface area contributed by atoms with E-state index in [1.54, 1.807) is 0 Å². The smallest absolute Gasteiger partial charge is 0.0571 e. The van der Waals surface area contributed by atoms with E-state index >= 15 is 0 Å². The Morgan fingerprint density at radius 3 is 1.58 bits per heavy atom. The summed E-state index contributed by atoms with van der Waals surface area (Å²) in [5.41, 5.74) is 0. The Hall–Kier alpha value is -0.120. The molecule has 3 nitrogen and oxygen atoms in total. The third-order valence-electron chi connectivity index (χ3n) is 7.69. The Morgan fingerprint density at radius 2 is 1.12 bits per heavy atom. The highest BCUT2D eigenvalue weighted by Gasteiger charge is 2.44. The van der Waals surface area contributed by atoms with E-state index in [1.807, 2.05) is 0 Å². The third kappa shape index (κ3) is 3.99. The summed E-state index contributed by atoms with van der Waals surface area (Å²) in [6.07, 6.45) is 10.5. The first-order valence-electron chi connectivity index (χ1n) is 10.5. The molecule has 0 radical (unpaired) electrons. The lowest BCUT2D eigenvalue weighted by Crippen LogP contribution is -2.44. The van der Waals surface area contributed by atoms with E-state index in [0.717, 1.165) is 44.9 Å². The zero-order valence-corrected chi connectivity index (χ0v) is 15.6. The van der Waals surface area contributed by atoms with Crippen molar-refractivity contribution in [3.05, 3.63) is 0 Å². The molecule has 0 aromatic rings. The Balaban J connectivity index is 1.78. The van der Waals surface area contributed by atoms with Crippen molar-refractivity contribution >= 4 is 0 Å². The van der Waals surface area contributed by atoms with Gasteiger partial charge in [-0.15, -0.1) is 0 Å². The van der Waals surface area contributed by atoms with Crippen LogP contribution in [0, 0.1) is 35.5 Å². The molecule has 0 aromatic heterocycles. The molecule has 3 fully saturated rings. The molecule has 3 rings (SSSR count). The van der Waals surface area contributed by atoms with Crippen LogP contribution in [0.1, 0.15) is 78.1 Å². The fourth-order valence-corrected chi connectivity index (χ4v) is 6.22. The molecule has 0 aliphatic heterocycles. The second-order valence-electron chi connectivity index (χ2n) is 9.33. The van der Waals surface area contributed by atoms with E-state index in [0.29, 0.717) is 35.5 Å². The van der Waals surface area contributed by atoms with Gasteiger partial charge in [0.25, 0.3) is 0 Å². The molecule has 3 saturated carbocycles. The molecule has 8 unspecified atom stereocenters. The lowest BCUT2D eigenvalue weighted by atomic mass is 9.59. The van der Waals surface area contributed by atoms with Crippen molar-refractivity contribution in [3.8, 4) is 0 Å². The molecule has 3 N–H and O–H groups in total. The van der Waals surface area contributed by atoms with Gasteiger partial charge in [-0.2, -0.15) is 0 Å². The van der Waals surface area contributed by atoms with Gasteiger partial charge >= 0.3 is 0 Å². The van der Waals surface area contributed by atoms with Gasteiger partial charge in [-0.1, -0.05) is 26.7 Å². The summed E-state index contributed by atoms with van der Waals surface area (Å²) in [5.74, 6) is 3.10. The fourth-order valence-electron chi connectivity index (χ4n) is 6.22. The monoisotopic (exact) mass is 338 g/mol. The van der Waals surface area contributed by atoms with Crippen molar-refractivity contribution < 1.29 is 15.3 Å². The maximum absolute atomic E-state index is 10.7. The molecular weight excluding hydrogens is 300 g/mol. The van der Waals surface area contributed by atoms with Gasteiger partial charge in [0, 0.05) is 0 Å². The van der Waals surface area contributed by atoms with Crippen LogP contribution >= 0.6 is 0 Å². The summed E-state index contributed by atoms with van der Waals surface area (Å²) in [5, 5.41) is 31.0. The van der Waals surface area contributed by atoms with Crippen LogP contribution in [0.25, 0.3) is 0 Å². The summed E-state index contributed by atoms with van der Waals surface area (Å²) < 4.78 is 0. The second-order valence-corrected chi connectivity index (χ2v) is 9.33. The zero-order chi connectivity index (χ0) is 17.3. The maximum Gasteiger partial charge on any atom is 0.0571 e. The molecule has 0 aromatic carbocycles. The first-order chi connectivity index (χ1) is 11.5. The summed E-state index contributed by atoms with van der Waals surface area (Å²) in [7, 11) is 0. The lowest BCUT2D eigenvalue weighted by Gasteiger charge is -2.48. The van der Waals surface area contributed by atoms with Gasteiger partial charge < -0.3 is 15.3 Å². The molecule has 0 spiro atoms. The van der Waals surface area contributed by atoms with Gasteiger partial charge in [-0.3, -0.25) is 0 Å². The molecule has 8 atom stereocenters. The van der Waals surface area contributed by atoms with Crippen LogP contribution < -0.4 is 0 Å². The molecule has 24 heavy (non-hydrogen) atoms. The van der Waals surface area contributed by atoms with E-state index in [4.69, 9.17) is 0 Å². The Bertz CT molecular complexity index is 373. The Labute approximate surface area is 147 Å². The minimum atomic E-state index is -0.134. The number of rotatable bonds is 3. The van der Waals surface area contributed by atoms with Gasteiger partial charge in [0.15, 0.2) is 0 Å². The van der Waals surface area contributed by atoms with Crippen LogP contribution in [-0.2, 0) is 0 Å². The summed E-state index contributed by atoms with van der Waals surface area (Å²) in [6.45, 7) is 4.39. The van der Waals surface area contributed by atoms with E-state index in [9.17, 15) is 15.3 Å². The van der Waals surface area contributed by atoms with Crippen LogP contribution in [0.3, 0.4) is 0 Å². The number of aliphatic hydroxyl groups excluding tert-OH is 3. The Kier molecular flexibility index (Phi) is 6.26. The largest absolute Gasteiger partial charge is 0.393 e. The van der Waals surface area contributed by atoms with Crippen molar-refractivity contribution in [1.82, 2.24) is 0 Å². The average molecular weight is 339 g/mol.